The fourth-order valence-corrected chi connectivity index (χ4v) is 2.59. The van der Waals surface area contributed by atoms with Gasteiger partial charge >= 0.3 is 5.97 Å². The Morgan fingerprint density at radius 2 is 2.03 bits per heavy atom. The van der Waals surface area contributed by atoms with Gasteiger partial charge < -0.3 is 46.1 Å². The van der Waals surface area contributed by atoms with Crippen molar-refractivity contribution < 1.29 is 44.6 Å². The van der Waals surface area contributed by atoms with Crippen LogP contribution in [0.15, 0.2) is 6.20 Å². The van der Waals surface area contributed by atoms with Crippen LogP contribution in [0.4, 0.5) is 0 Å². The predicted molar refractivity (Wildman–Crippen MR) is 91.8 cm³/mol. The SMILES string of the molecule is N[C@@H](CC(=O)O)C(=O)NCc1cn(CCO[C@H]2O[C@H](CO)[C@@H](O)[C@H](O)[C@@H]2O)nn1. The molecule has 2 rings (SSSR count). The van der Waals surface area contributed by atoms with Crippen LogP contribution in [-0.2, 0) is 32.2 Å². The Labute approximate surface area is 164 Å². The summed E-state index contributed by atoms with van der Waals surface area (Å²) >= 11 is 0. The van der Waals surface area contributed by atoms with Gasteiger partial charge in [0.15, 0.2) is 6.29 Å². The lowest BCUT2D eigenvalue weighted by Crippen LogP contribution is -2.59. The molecule has 0 saturated carbocycles. The molecule has 1 aromatic heterocycles. The fraction of sp³-hybridized carbons (Fsp3) is 0.733. The maximum Gasteiger partial charge on any atom is 0.305 e. The van der Waals surface area contributed by atoms with E-state index < -0.39 is 61.7 Å². The number of aliphatic carboxylic acids is 1. The molecule has 14 heteroatoms. The zero-order valence-electron chi connectivity index (χ0n) is 15.4. The average Bonchev–Trinajstić information content (AvgIpc) is 3.13. The fourth-order valence-electron chi connectivity index (χ4n) is 2.59. The normalized spacial score (nSPS) is 28.1. The first-order valence-corrected chi connectivity index (χ1v) is 8.79. The third-order valence-electron chi connectivity index (χ3n) is 4.21. The molecular formula is C15H25N5O9. The molecule has 2 heterocycles. The number of aliphatic hydroxyl groups excluding tert-OH is 4. The van der Waals surface area contributed by atoms with Crippen LogP contribution in [0.3, 0.4) is 0 Å². The molecule has 8 N–H and O–H groups in total. The third-order valence-corrected chi connectivity index (χ3v) is 4.21. The van der Waals surface area contributed by atoms with E-state index in [1.807, 2.05) is 0 Å². The highest BCUT2D eigenvalue weighted by molar-refractivity contribution is 5.85. The first-order chi connectivity index (χ1) is 13.7. The lowest BCUT2D eigenvalue weighted by Gasteiger charge is -2.39. The third kappa shape index (κ3) is 6.40. The lowest BCUT2D eigenvalue weighted by molar-refractivity contribution is -0.301. The number of nitrogens with one attached hydrogen (secondary N) is 1. The van der Waals surface area contributed by atoms with Crippen LogP contribution in [0.5, 0.6) is 0 Å². The number of ether oxygens (including phenoxy) is 2. The van der Waals surface area contributed by atoms with Gasteiger partial charge in [-0.2, -0.15) is 0 Å². The van der Waals surface area contributed by atoms with Crippen molar-refractivity contribution in [2.45, 2.75) is 56.3 Å². The Bertz CT molecular complexity index is 685. The van der Waals surface area contributed by atoms with Gasteiger partial charge in [0.05, 0.1) is 45.0 Å². The zero-order chi connectivity index (χ0) is 21.6. The van der Waals surface area contributed by atoms with E-state index in [9.17, 15) is 24.9 Å². The minimum atomic E-state index is -1.53. The standard InChI is InChI=1S/C15H25N5O9/c16-8(3-10(22)23)14(27)17-4-7-5-20(19-18-7)1-2-28-15-13(26)12(25)11(24)9(6-21)29-15/h5,8-9,11-13,15,21,24-26H,1-4,6,16H2,(H,17,27)(H,22,23)/t8-,9+,11+,12-,13-,15-/m0/s1. The van der Waals surface area contributed by atoms with Crippen LogP contribution in [0.2, 0.25) is 0 Å². The Morgan fingerprint density at radius 3 is 2.69 bits per heavy atom. The first-order valence-electron chi connectivity index (χ1n) is 8.79. The number of nitrogens with zero attached hydrogens (tertiary/aromatic N) is 3. The van der Waals surface area contributed by atoms with E-state index >= 15 is 0 Å². The Kier molecular flexibility index (Phi) is 8.39. The summed E-state index contributed by atoms with van der Waals surface area (Å²) in [6.45, 7) is -0.366. The van der Waals surface area contributed by atoms with Crippen LogP contribution in [0.1, 0.15) is 12.1 Å². The van der Waals surface area contributed by atoms with Crippen LogP contribution in [0, 0.1) is 0 Å². The molecule has 0 aromatic carbocycles. The summed E-state index contributed by atoms with van der Waals surface area (Å²) < 4.78 is 11.9. The number of carbonyl (C=O) groups excluding carboxylic acids is 1. The number of hydrogen-bond donors (Lipinski definition) is 7. The van der Waals surface area contributed by atoms with E-state index in [1.54, 1.807) is 0 Å². The van der Waals surface area contributed by atoms with Gasteiger partial charge in [0.1, 0.15) is 30.1 Å². The van der Waals surface area contributed by atoms with Gasteiger partial charge in [0.2, 0.25) is 5.91 Å². The van der Waals surface area contributed by atoms with E-state index in [-0.39, 0.29) is 19.7 Å². The Morgan fingerprint density at radius 1 is 1.31 bits per heavy atom. The smallest absolute Gasteiger partial charge is 0.305 e. The molecule has 6 atom stereocenters. The highest BCUT2D eigenvalue weighted by Crippen LogP contribution is 2.21. The summed E-state index contributed by atoms with van der Waals surface area (Å²) in [5.74, 6) is -1.81. The van der Waals surface area contributed by atoms with Crippen LogP contribution >= 0.6 is 0 Å². The minimum Gasteiger partial charge on any atom is -0.481 e. The molecule has 1 aliphatic heterocycles. The van der Waals surface area contributed by atoms with Crippen molar-refractivity contribution in [3.8, 4) is 0 Å². The number of nitrogens with two attached hydrogens (primary N) is 1. The molecular weight excluding hydrogens is 394 g/mol. The van der Waals surface area contributed by atoms with Crippen LogP contribution < -0.4 is 11.1 Å². The first kappa shape index (κ1) is 23.1. The van der Waals surface area contributed by atoms with Crippen molar-refractivity contribution in [3.05, 3.63) is 11.9 Å². The minimum absolute atomic E-state index is 0.000277. The number of carboxylic acids is 1. The van der Waals surface area contributed by atoms with Crippen LogP contribution in [-0.4, -0.2) is 102 Å². The van der Waals surface area contributed by atoms with Gasteiger partial charge in [0, 0.05) is 0 Å². The summed E-state index contributed by atoms with van der Waals surface area (Å²) in [6.07, 6.45) is -5.78. The molecule has 0 aliphatic carbocycles. The summed E-state index contributed by atoms with van der Waals surface area (Å²) in [5, 5.41) is 57.1. The second kappa shape index (κ2) is 10.5. The van der Waals surface area contributed by atoms with Crippen LogP contribution in [0.25, 0.3) is 0 Å². The number of amides is 1. The Balaban J connectivity index is 1.76. The number of aromatic nitrogens is 3. The molecule has 1 aliphatic rings. The predicted octanol–water partition coefficient (Wildman–Crippen LogP) is -4.49. The van der Waals surface area contributed by atoms with Crippen molar-refractivity contribution in [2.75, 3.05) is 13.2 Å². The summed E-state index contributed by atoms with van der Waals surface area (Å²) in [4.78, 5) is 22.2. The van der Waals surface area contributed by atoms with E-state index in [4.69, 9.17) is 25.4 Å². The van der Waals surface area contributed by atoms with Gasteiger partial charge in [-0.15, -0.1) is 5.10 Å². The van der Waals surface area contributed by atoms with E-state index in [0.717, 1.165) is 0 Å². The topological polar surface area (TPSA) is 223 Å². The van der Waals surface area contributed by atoms with Gasteiger partial charge in [-0.1, -0.05) is 5.21 Å². The van der Waals surface area contributed by atoms with Crippen molar-refractivity contribution >= 4 is 11.9 Å². The maximum atomic E-state index is 11.7. The van der Waals surface area contributed by atoms with Crippen molar-refractivity contribution in [1.82, 2.24) is 20.3 Å². The molecule has 29 heavy (non-hydrogen) atoms. The number of carboxylic acid groups (broad SMARTS) is 1. The van der Waals surface area contributed by atoms with Crippen molar-refractivity contribution in [1.29, 1.82) is 0 Å². The summed E-state index contributed by atoms with van der Waals surface area (Å²) in [5.41, 5.74) is 5.84. The van der Waals surface area contributed by atoms with Gasteiger partial charge in [-0.3, -0.25) is 9.59 Å². The molecule has 14 nitrogen and oxygen atoms in total. The molecule has 1 fully saturated rings. The molecule has 0 spiro atoms. The average molecular weight is 419 g/mol. The van der Waals surface area contributed by atoms with E-state index in [2.05, 4.69) is 15.6 Å². The van der Waals surface area contributed by atoms with E-state index in [1.165, 1.54) is 10.9 Å². The molecule has 164 valence electrons. The summed E-state index contributed by atoms with van der Waals surface area (Å²) in [6, 6.07) is -1.17. The number of hydrogen-bond acceptors (Lipinski definition) is 11. The monoisotopic (exact) mass is 419 g/mol. The maximum absolute atomic E-state index is 11.7. The van der Waals surface area contributed by atoms with Crippen molar-refractivity contribution in [3.63, 3.8) is 0 Å². The van der Waals surface area contributed by atoms with Gasteiger partial charge in [-0.05, 0) is 0 Å². The number of carbonyl (C=O) groups is 2. The highest BCUT2D eigenvalue weighted by atomic mass is 16.7. The van der Waals surface area contributed by atoms with Crippen molar-refractivity contribution in [2.24, 2.45) is 5.73 Å². The molecule has 0 bridgehead atoms. The second-order valence-corrected chi connectivity index (χ2v) is 6.46. The molecule has 1 aromatic rings. The molecule has 1 amide bonds. The second-order valence-electron chi connectivity index (χ2n) is 6.46. The molecule has 1 saturated heterocycles. The largest absolute Gasteiger partial charge is 0.481 e. The number of aliphatic hydroxyl groups is 4. The molecule has 0 radical (unpaired) electrons. The lowest BCUT2D eigenvalue weighted by atomic mass is 9.99. The van der Waals surface area contributed by atoms with E-state index in [0.29, 0.717) is 5.69 Å². The summed E-state index contributed by atoms with van der Waals surface area (Å²) in [7, 11) is 0. The Hall–Kier alpha value is -2.20. The quantitative estimate of drug-likeness (QED) is 0.191. The number of rotatable bonds is 10. The highest BCUT2D eigenvalue weighted by Gasteiger charge is 2.43. The van der Waals surface area contributed by atoms with Gasteiger partial charge in [0.25, 0.3) is 0 Å². The van der Waals surface area contributed by atoms with Gasteiger partial charge in [-0.25, -0.2) is 4.68 Å². The molecule has 0 unspecified atom stereocenters. The zero-order valence-corrected chi connectivity index (χ0v) is 15.4.